The normalized spacial score (nSPS) is 13.3. The van der Waals surface area contributed by atoms with E-state index in [0.29, 0.717) is 18.8 Å². The summed E-state index contributed by atoms with van der Waals surface area (Å²) in [6.07, 6.45) is 3.52. The molecule has 2 atom stereocenters. The zero-order chi connectivity index (χ0) is 17.9. The number of carboxylic acids is 1. The van der Waals surface area contributed by atoms with Gasteiger partial charge in [0.15, 0.2) is 11.9 Å². The maximum atomic E-state index is 11.5. The number of nitrogens with zero attached hydrogens (tertiary/aromatic N) is 2. The van der Waals surface area contributed by atoms with Crippen molar-refractivity contribution < 1.29 is 24.3 Å². The van der Waals surface area contributed by atoms with Crippen LogP contribution in [-0.4, -0.2) is 51.5 Å². The van der Waals surface area contributed by atoms with Crippen LogP contribution in [0.25, 0.3) is 0 Å². The first-order valence-electron chi connectivity index (χ1n) is 7.64. The second-order valence-corrected chi connectivity index (χ2v) is 5.19. The minimum atomic E-state index is -1.38. The van der Waals surface area contributed by atoms with Crippen molar-refractivity contribution in [3.63, 3.8) is 0 Å². The van der Waals surface area contributed by atoms with E-state index in [1.54, 1.807) is 0 Å². The number of unbranched alkanes of at least 4 members (excludes halogenated alkanes) is 2. The maximum absolute atomic E-state index is 11.5. The van der Waals surface area contributed by atoms with E-state index in [-0.39, 0.29) is 18.5 Å². The number of carboxylic acid groups (broad SMARTS) is 1. The van der Waals surface area contributed by atoms with Crippen LogP contribution in [0, 0.1) is 0 Å². The first kappa shape index (κ1) is 19.8. The number of hydrogen-bond donors (Lipinski definition) is 6. The molecule has 1 aromatic heterocycles. The molecule has 136 valence electrons. The lowest BCUT2D eigenvalue weighted by atomic mass is 10.1. The minimum Gasteiger partial charge on any atom is -0.480 e. The Bertz CT molecular complexity index is 523. The number of aliphatic hydroxyl groups is 1. The molecule has 0 radical (unpaired) electrons. The molecule has 11 heteroatoms. The molecule has 0 unspecified atom stereocenters. The molecule has 0 saturated heterocycles. The monoisotopic (exact) mass is 344 g/mol. The van der Waals surface area contributed by atoms with Gasteiger partial charge in [-0.3, -0.25) is 0 Å². The quantitative estimate of drug-likeness (QED) is 0.269. The van der Waals surface area contributed by atoms with Crippen LogP contribution < -0.4 is 22.1 Å². The fraction of sp³-hybridized carbons (Fsp3) is 0.692. The maximum Gasteiger partial charge on any atom is 0.328 e. The van der Waals surface area contributed by atoms with E-state index in [1.165, 1.54) is 0 Å². The van der Waals surface area contributed by atoms with Crippen molar-refractivity contribution in [2.24, 2.45) is 11.5 Å². The van der Waals surface area contributed by atoms with Gasteiger partial charge in [-0.1, -0.05) is 18.0 Å². The molecule has 8 N–H and O–H groups in total. The number of amides is 2. The summed E-state index contributed by atoms with van der Waals surface area (Å²) in [5.74, 6) is -0.847. The van der Waals surface area contributed by atoms with Crippen molar-refractivity contribution in [3.05, 3.63) is 11.7 Å². The lowest BCUT2D eigenvalue weighted by Gasteiger charge is -2.11. The lowest BCUT2D eigenvalue weighted by molar-refractivity contribution is -0.140. The number of aliphatic hydroxyl groups excluding tert-OH is 1. The molecular formula is C13H24N6O5. The van der Waals surface area contributed by atoms with Crippen LogP contribution in [0.1, 0.15) is 43.4 Å². The fourth-order valence-corrected chi connectivity index (χ4v) is 1.86. The third-order valence-corrected chi connectivity index (χ3v) is 3.22. The Morgan fingerprint density at radius 2 is 2.04 bits per heavy atom. The Balaban J connectivity index is 2.38. The van der Waals surface area contributed by atoms with Crippen LogP contribution >= 0.6 is 0 Å². The molecule has 1 aromatic rings. The highest BCUT2D eigenvalue weighted by molar-refractivity contribution is 5.82. The average molecular weight is 344 g/mol. The van der Waals surface area contributed by atoms with Gasteiger partial charge in [0.1, 0.15) is 0 Å². The van der Waals surface area contributed by atoms with Crippen LogP contribution in [-0.2, 0) is 11.3 Å². The molecule has 0 aliphatic rings. The predicted molar refractivity (Wildman–Crippen MR) is 82.6 cm³/mol. The van der Waals surface area contributed by atoms with Crippen molar-refractivity contribution in [2.75, 3.05) is 13.2 Å². The van der Waals surface area contributed by atoms with Crippen molar-refractivity contribution in [1.82, 2.24) is 20.8 Å². The van der Waals surface area contributed by atoms with Crippen LogP contribution in [0.5, 0.6) is 0 Å². The van der Waals surface area contributed by atoms with Gasteiger partial charge in [-0.15, -0.1) is 0 Å². The smallest absolute Gasteiger partial charge is 0.328 e. The van der Waals surface area contributed by atoms with Gasteiger partial charge in [-0.2, -0.15) is 4.98 Å². The number of nitrogens with two attached hydrogens (primary N) is 2. The topological polar surface area (TPSA) is 190 Å². The summed E-state index contributed by atoms with van der Waals surface area (Å²) in [6, 6.07) is -2.52. The summed E-state index contributed by atoms with van der Waals surface area (Å²) in [4.78, 5) is 26.3. The highest BCUT2D eigenvalue weighted by atomic mass is 16.5. The standard InChI is InChI=1S/C13H24N6O5/c14-5-3-1-2-4-8(15)11-18-10(24-19-11)6-16-13(23)17-9(7-20)12(21)22/h8-9,20H,1-7,14-15H2,(H,21,22)(H2,16,17,23)/t8-,9-/m0/s1. The molecule has 24 heavy (non-hydrogen) atoms. The molecule has 1 rings (SSSR count). The largest absolute Gasteiger partial charge is 0.480 e. The van der Waals surface area contributed by atoms with Crippen molar-refractivity contribution >= 4 is 12.0 Å². The van der Waals surface area contributed by atoms with E-state index in [4.69, 9.17) is 26.2 Å². The Kier molecular flexibility index (Phi) is 8.68. The van der Waals surface area contributed by atoms with Gasteiger partial charge in [0.2, 0.25) is 5.89 Å². The molecule has 0 spiro atoms. The summed E-state index contributed by atoms with van der Waals surface area (Å²) in [7, 11) is 0. The SMILES string of the molecule is NCCCCC[C@H](N)c1noc(CNC(=O)N[C@@H](CO)C(=O)O)n1. The molecule has 1 heterocycles. The number of aliphatic carboxylic acids is 1. The highest BCUT2D eigenvalue weighted by Gasteiger charge is 2.19. The van der Waals surface area contributed by atoms with E-state index >= 15 is 0 Å². The minimum absolute atomic E-state index is 0.0868. The number of nitrogens with one attached hydrogen (secondary N) is 2. The van der Waals surface area contributed by atoms with Gasteiger partial charge in [0.05, 0.1) is 19.2 Å². The van der Waals surface area contributed by atoms with Crippen LogP contribution in [0.4, 0.5) is 4.79 Å². The molecule has 0 bridgehead atoms. The lowest BCUT2D eigenvalue weighted by Crippen LogP contribution is -2.47. The van der Waals surface area contributed by atoms with E-state index in [0.717, 1.165) is 19.3 Å². The summed E-state index contributed by atoms with van der Waals surface area (Å²) >= 11 is 0. The Morgan fingerprint density at radius 1 is 1.29 bits per heavy atom. The Morgan fingerprint density at radius 3 is 2.67 bits per heavy atom. The molecule has 2 amide bonds. The van der Waals surface area contributed by atoms with Crippen molar-refractivity contribution in [1.29, 1.82) is 0 Å². The zero-order valence-corrected chi connectivity index (χ0v) is 13.3. The van der Waals surface area contributed by atoms with E-state index in [1.807, 2.05) is 0 Å². The number of carbonyl (C=O) groups excluding carboxylic acids is 1. The van der Waals surface area contributed by atoms with Gasteiger partial charge >= 0.3 is 12.0 Å². The van der Waals surface area contributed by atoms with Crippen LogP contribution in [0.2, 0.25) is 0 Å². The number of aromatic nitrogens is 2. The average Bonchev–Trinajstić information content (AvgIpc) is 3.03. The van der Waals surface area contributed by atoms with Gasteiger partial charge < -0.3 is 36.8 Å². The van der Waals surface area contributed by atoms with Gasteiger partial charge in [-0.05, 0) is 19.4 Å². The van der Waals surface area contributed by atoms with Gasteiger partial charge in [-0.25, -0.2) is 9.59 Å². The summed E-state index contributed by atoms with van der Waals surface area (Å²) < 4.78 is 4.97. The second-order valence-electron chi connectivity index (χ2n) is 5.19. The third-order valence-electron chi connectivity index (χ3n) is 3.22. The zero-order valence-electron chi connectivity index (χ0n) is 13.3. The predicted octanol–water partition coefficient (Wildman–Crippen LogP) is -1.17. The fourth-order valence-electron chi connectivity index (χ4n) is 1.86. The third kappa shape index (κ3) is 6.89. The Labute approximate surface area is 138 Å². The highest BCUT2D eigenvalue weighted by Crippen LogP contribution is 2.14. The first-order chi connectivity index (χ1) is 11.5. The van der Waals surface area contributed by atoms with E-state index in [9.17, 15) is 9.59 Å². The van der Waals surface area contributed by atoms with Crippen molar-refractivity contribution in [3.8, 4) is 0 Å². The molecule has 0 aliphatic heterocycles. The van der Waals surface area contributed by atoms with E-state index in [2.05, 4.69) is 20.8 Å². The van der Waals surface area contributed by atoms with Crippen LogP contribution in [0.15, 0.2) is 4.52 Å². The van der Waals surface area contributed by atoms with Crippen molar-refractivity contribution in [2.45, 2.75) is 44.3 Å². The van der Waals surface area contributed by atoms with E-state index < -0.39 is 24.6 Å². The molecule has 11 nitrogen and oxygen atoms in total. The summed E-state index contributed by atoms with van der Waals surface area (Å²) in [5.41, 5.74) is 11.4. The number of urea groups is 1. The number of carbonyl (C=O) groups is 2. The Hall–Kier alpha value is -2.24. The van der Waals surface area contributed by atoms with Gasteiger partial charge in [0.25, 0.3) is 0 Å². The summed E-state index contributed by atoms with van der Waals surface area (Å²) in [5, 5.41) is 25.7. The van der Waals surface area contributed by atoms with Gasteiger partial charge in [0, 0.05) is 0 Å². The summed E-state index contributed by atoms with van der Waals surface area (Å²) in [6.45, 7) is -0.155. The number of rotatable bonds is 11. The molecule has 0 aromatic carbocycles. The van der Waals surface area contributed by atoms with Crippen LogP contribution in [0.3, 0.4) is 0 Å². The first-order valence-corrected chi connectivity index (χ1v) is 7.64. The molecule has 0 saturated carbocycles. The molecular weight excluding hydrogens is 320 g/mol. The number of hydrogen-bond acceptors (Lipinski definition) is 8. The molecule has 0 fully saturated rings. The molecule has 0 aliphatic carbocycles. The second kappa shape index (κ2) is 10.5.